The molecule has 5 aromatic rings. The Morgan fingerprint density at radius 1 is 0.400 bits per heavy atom. The highest BCUT2D eigenvalue weighted by Gasteiger charge is 2.19. The summed E-state index contributed by atoms with van der Waals surface area (Å²) < 4.78 is 49.9. The zero-order valence-electron chi connectivity index (χ0n) is 26.4. The van der Waals surface area contributed by atoms with Crippen LogP contribution in [-0.2, 0) is 15.3 Å². The van der Waals surface area contributed by atoms with Crippen molar-refractivity contribution in [2.45, 2.75) is 62.3 Å². The van der Waals surface area contributed by atoms with E-state index in [1.807, 2.05) is 69.3 Å². The maximum Gasteiger partial charge on any atom is 0.206 e. The van der Waals surface area contributed by atoms with Crippen LogP contribution in [0.1, 0.15) is 47.1 Å². The molecule has 0 atom stereocenters. The largest absolute Gasteiger partial charge is 0.488 e. The summed E-state index contributed by atoms with van der Waals surface area (Å²) in [7, 11) is -3.69. The standard InChI is InChI=1S/C38H38O6S/c1-37(2,3)27-7-9-28(10-8-27)41-29-11-13-30(14-12-29)42-31-15-17-32(18-16-31)43-33-19-23-35(24-20-33)45(39,40)36-25-21-34(22-26-36)44-38(4,5)6/h7-26H,1-6H3. The number of sulfone groups is 1. The van der Waals surface area contributed by atoms with E-state index in [0.29, 0.717) is 28.7 Å². The van der Waals surface area contributed by atoms with Gasteiger partial charge in [0.25, 0.3) is 0 Å². The molecule has 6 nitrogen and oxygen atoms in total. The Bertz CT molecular complexity index is 1810. The second-order valence-corrected chi connectivity index (χ2v) is 14.6. The number of ether oxygens (including phenoxy) is 4. The smallest absolute Gasteiger partial charge is 0.206 e. The predicted octanol–water partition coefficient (Wildman–Crippen LogP) is 10.4. The van der Waals surface area contributed by atoms with Crippen LogP contribution in [0.4, 0.5) is 0 Å². The van der Waals surface area contributed by atoms with Crippen LogP contribution in [0.5, 0.6) is 40.2 Å². The summed E-state index contributed by atoms with van der Waals surface area (Å²) in [6.07, 6.45) is 0. The van der Waals surface area contributed by atoms with Gasteiger partial charge in [-0.3, -0.25) is 0 Å². The van der Waals surface area contributed by atoms with Crippen LogP contribution in [0.3, 0.4) is 0 Å². The molecule has 0 aliphatic rings. The molecule has 0 unspecified atom stereocenters. The van der Waals surface area contributed by atoms with Crippen molar-refractivity contribution in [1.29, 1.82) is 0 Å². The van der Waals surface area contributed by atoms with Gasteiger partial charge in [-0.25, -0.2) is 8.42 Å². The topological polar surface area (TPSA) is 71.1 Å². The SMILES string of the molecule is CC(C)(C)Oc1ccc(S(=O)(=O)c2ccc(Oc3ccc(Oc4ccc(Oc5ccc(C(C)(C)C)cc5)cc4)cc3)cc2)cc1. The lowest BCUT2D eigenvalue weighted by molar-refractivity contribution is 0.131. The fourth-order valence-corrected chi connectivity index (χ4v) is 5.71. The third kappa shape index (κ3) is 8.46. The predicted molar refractivity (Wildman–Crippen MR) is 177 cm³/mol. The van der Waals surface area contributed by atoms with Crippen molar-refractivity contribution in [3.63, 3.8) is 0 Å². The van der Waals surface area contributed by atoms with Crippen LogP contribution in [-0.4, -0.2) is 14.0 Å². The molecular weight excluding hydrogens is 584 g/mol. The van der Waals surface area contributed by atoms with Crippen molar-refractivity contribution >= 4 is 9.84 Å². The van der Waals surface area contributed by atoms with Crippen molar-refractivity contribution < 1.29 is 27.4 Å². The third-order valence-electron chi connectivity index (χ3n) is 6.77. The monoisotopic (exact) mass is 622 g/mol. The Kier molecular flexibility index (Phi) is 8.94. The minimum atomic E-state index is -3.69. The Morgan fingerprint density at radius 3 is 0.956 bits per heavy atom. The zero-order chi connectivity index (χ0) is 32.2. The van der Waals surface area contributed by atoms with Gasteiger partial charge in [0, 0.05) is 0 Å². The number of rotatable bonds is 9. The molecular formula is C38H38O6S. The summed E-state index contributed by atoms with van der Waals surface area (Å²) >= 11 is 0. The van der Waals surface area contributed by atoms with Gasteiger partial charge < -0.3 is 18.9 Å². The molecule has 0 aromatic heterocycles. The first-order valence-corrected chi connectivity index (χ1v) is 16.2. The third-order valence-corrected chi connectivity index (χ3v) is 8.55. The van der Waals surface area contributed by atoms with Crippen molar-refractivity contribution in [3.8, 4) is 40.2 Å². The van der Waals surface area contributed by atoms with Crippen LogP contribution < -0.4 is 18.9 Å². The molecule has 0 N–H and O–H groups in total. The van der Waals surface area contributed by atoms with Gasteiger partial charge in [-0.2, -0.15) is 0 Å². The Balaban J connectivity index is 1.16. The van der Waals surface area contributed by atoms with Gasteiger partial charge in [0.15, 0.2) is 0 Å². The lowest BCUT2D eigenvalue weighted by Crippen LogP contribution is -2.22. The number of benzene rings is 5. The molecule has 0 radical (unpaired) electrons. The van der Waals surface area contributed by atoms with Gasteiger partial charge in [0.1, 0.15) is 45.8 Å². The van der Waals surface area contributed by atoms with Gasteiger partial charge in [-0.1, -0.05) is 32.9 Å². The minimum Gasteiger partial charge on any atom is -0.488 e. The van der Waals surface area contributed by atoms with Crippen molar-refractivity contribution in [2.75, 3.05) is 0 Å². The molecule has 0 aliphatic carbocycles. The molecule has 0 heterocycles. The molecule has 0 bridgehead atoms. The van der Waals surface area contributed by atoms with Crippen LogP contribution in [0, 0.1) is 0 Å². The van der Waals surface area contributed by atoms with Gasteiger partial charge in [0.2, 0.25) is 9.84 Å². The van der Waals surface area contributed by atoms with E-state index in [4.69, 9.17) is 18.9 Å². The molecule has 5 aromatic carbocycles. The van der Waals surface area contributed by atoms with Crippen LogP contribution in [0.2, 0.25) is 0 Å². The van der Waals surface area contributed by atoms with E-state index in [1.54, 1.807) is 48.5 Å². The maximum atomic E-state index is 13.1. The highest BCUT2D eigenvalue weighted by molar-refractivity contribution is 7.91. The fourth-order valence-electron chi connectivity index (χ4n) is 4.45. The van der Waals surface area contributed by atoms with Crippen molar-refractivity contribution in [1.82, 2.24) is 0 Å². The van der Waals surface area contributed by atoms with E-state index in [1.165, 1.54) is 17.7 Å². The first-order chi connectivity index (χ1) is 21.2. The average molecular weight is 623 g/mol. The number of hydrogen-bond donors (Lipinski definition) is 0. The lowest BCUT2D eigenvalue weighted by Gasteiger charge is -2.21. The Morgan fingerprint density at radius 2 is 0.667 bits per heavy atom. The Hall–Kier alpha value is -4.75. The summed E-state index contributed by atoms with van der Waals surface area (Å²) in [5.74, 6) is 4.54. The Labute approximate surface area is 266 Å². The van der Waals surface area contributed by atoms with E-state index in [2.05, 4.69) is 32.9 Å². The van der Waals surface area contributed by atoms with E-state index < -0.39 is 9.84 Å². The lowest BCUT2D eigenvalue weighted by atomic mass is 9.87. The van der Waals surface area contributed by atoms with E-state index in [9.17, 15) is 8.42 Å². The second-order valence-electron chi connectivity index (χ2n) is 12.7. The van der Waals surface area contributed by atoms with Crippen molar-refractivity contribution in [2.24, 2.45) is 0 Å². The van der Waals surface area contributed by atoms with E-state index in [0.717, 1.165) is 11.5 Å². The quantitative estimate of drug-likeness (QED) is 0.163. The van der Waals surface area contributed by atoms with Gasteiger partial charge in [-0.15, -0.1) is 0 Å². The molecule has 0 saturated carbocycles. The average Bonchev–Trinajstić information content (AvgIpc) is 2.99. The normalized spacial score (nSPS) is 12.0. The molecule has 0 aliphatic heterocycles. The van der Waals surface area contributed by atoms with Gasteiger partial charge in [-0.05, 0) is 141 Å². The molecule has 0 spiro atoms. The second kappa shape index (κ2) is 12.7. The maximum absolute atomic E-state index is 13.1. The molecule has 5 rings (SSSR count). The zero-order valence-corrected chi connectivity index (χ0v) is 27.2. The molecule has 45 heavy (non-hydrogen) atoms. The molecule has 7 heteroatoms. The first kappa shape index (κ1) is 31.7. The first-order valence-electron chi connectivity index (χ1n) is 14.7. The summed E-state index contributed by atoms with van der Waals surface area (Å²) in [4.78, 5) is 0.374. The van der Waals surface area contributed by atoms with E-state index in [-0.39, 0.29) is 20.8 Å². The molecule has 0 saturated heterocycles. The van der Waals surface area contributed by atoms with Gasteiger partial charge >= 0.3 is 0 Å². The van der Waals surface area contributed by atoms with Crippen LogP contribution >= 0.6 is 0 Å². The fraction of sp³-hybridized carbons (Fsp3) is 0.211. The van der Waals surface area contributed by atoms with Crippen LogP contribution in [0.25, 0.3) is 0 Å². The molecule has 232 valence electrons. The molecule has 0 fully saturated rings. The summed E-state index contributed by atoms with van der Waals surface area (Å²) in [6, 6.07) is 35.6. The van der Waals surface area contributed by atoms with Crippen LogP contribution in [0.15, 0.2) is 131 Å². The highest BCUT2D eigenvalue weighted by atomic mass is 32.2. The van der Waals surface area contributed by atoms with Crippen molar-refractivity contribution in [3.05, 3.63) is 127 Å². The summed E-state index contributed by atoms with van der Waals surface area (Å²) in [6.45, 7) is 12.4. The molecule has 0 amide bonds. The summed E-state index contributed by atoms with van der Waals surface area (Å²) in [5, 5.41) is 0. The minimum absolute atomic E-state index is 0.0930. The number of hydrogen-bond acceptors (Lipinski definition) is 6. The van der Waals surface area contributed by atoms with Gasteiger partial charge in [0.05, 0.1) is 9.79 Å². The van der Waals surface area contributed by atoms with E-state index >= 15 is 0 Å². The highest BCUT2D eigenvalue weighted by Crippen LogP contribution is 2.32. The summed E-state index contributed by atoms with van der Waals surface area (Å²) in [5.41, 5.74) is 0.978.